The van der Waals surface area contributed by atoms with Crippen LogP contribution in [0, 0.1) is 13.8 Å². The summed E-state index contributed by atoms with van der Waals surface area (Å²) >= 11 is 1.69. The monoisotopic (exact) mass is 352 g/mol. The Bertz CT molecular complexity index is 988. The van der Waals surface area contributed by atoms with Crippen molar-refractivity contribution in [3.05, 3.63) is 58.4 Å². The molecule has 0 amide bonds. The molecule has 0 saturated carbocycles. The Hall–Kier alpha value is -2.93. The lowest BCUT2D eigenvalue weighted by atomic mass is 10.1. The van der Waals surface area contributed by atoms with Gasteiger partial charge in [0.05, 0.1) is 29.8 Å². The molecule has 0 unspecified atom stereocenters. The number of aromatic nitrogens is 3. The largest absolute Gasteiger partial charge is 0.469 e. The SMILES string of the molecule is Cc1cc(-c2cnc(NCc3cccs3)nc2-c2ccoc2C)on1. The van der Waals surface area contributed by atoms with Crippen molar-refractivity contribution in [1.82, 2.24) is 15.1 Å². The van der Waals surface area contributed by atoms with Gasteiger partial charge in [0.2, 0.25) is 5.95 Å². The van der Waals surface area contributed by atoms with E-state index in [1.54, 1.807) is 23.8 Å². The fraction of sp³-hybridized carbons (Fsp3) is 0.167. The van der Waals surface area contributed by atoms with Crippen LogP contribution in [0.5, 0.6) is 0 Å². The van der Waals surface area contributed by atoms with Gasteiger partial charge in [-0.3, -0.25) is 0 Å². The molecule has 0 atom stereocenters. The molecule has 0 aliphatic rings. The topological polar surface area (TPSA) is 77.0 Å². The number of hydrogen-bond acceptors (Lipinski definition) is 7. The van der Waals surface area contributed by atoms with Crippen LogP contribution in [0.4, 0.5) is 5.95 Å². The van der Waals surface area contributed by atoms with Crippen molar-refractivity contribution in [3.63, 3.8) is 0 Å². The van der Waals surface area contributed by atoms with E-state index in [2.05, 4.69) is 21.5 Å². The van der Waals surface area contributed by atoms with E-state index in [0.29, 0.717) is 18.3 Å². The summed E-state index contributed by atoms with van der Waals surface area (Å²) in [6, 6.07) is 7.87. The third-order valence-electron chi connectivity index (χ3n) is 3.80. The Balaban J connectivity index is 1.73. The van der Waals surface area contributed by atoms with Crippen LogP contribution in [0.25, 0.3) is 22.6 Å². The number of nitrogens with one attached hydrogen (secondary N) is 1. The van der Waals surface area contributed by atoms with E-state index in [1.165, 1.54) is 4.88 Å². The van der Waals surface area contributed by atoms with Crippen LogP contribution in [0.3, 0.4) is 0 Å². The summed E-state index contributed by atoms with van der Waals surface area (Å²) in [6.07, 6.45) is 3.41. The maximum Gasteiger partial charge on any atom is 0.223 e. The molecular formula is C18H16N4O2S. The first-order valence-electron chi connectivity index (χ1n) is 7.82. The number of nitrogens with zero attached hydrogens (tertiary/aromatic N) is 3. The van der Waals surface area contributed by atoms with Crippen LogP contribution < -0.4 is 5.32 Å². The molecule has 6 nitrogen and oxygen atoms in total. The van der Waals surface area contributed by atoms with Gasteiger partial charge in [0.25, 0.3) is 0 Å². The van der Waals surface area contributed by atoms with E-state index in [1.807, 2.05) is 37.4 Å². The maximum atomic E-state index is 5.45. The summed E-state index contributed by atoms with van der Waals surface area (Å²) in [5.41, 5.74) is 3.26. The number of rotatable bonds is 5. The van der Waals surface area contributed by atoms with Crippen LogP contribution in [0.2, 0.25) is 0 Å². The van der Waals surface area contributed by atoms with Crippen LogP contribution in [0.15, 0.2) is 51.0 Å². The normalized spacial score (nSPS) is 11.0. The molecular weight excluding hydrogens is 336 g/mol. The molecule has 0 spiro atoms. The average molecular weight is 352 g/mol. The van der Waals surface area contributed by atoms with Crippen molar-refractivity contribution in [2.45, 2.75) is 20.4 Å². The lowest BCUT2D eigenvalue weighted by Crippen LogP contribution is -2.04. The highest BCUT2D eigenvalue weighted by molar-refractivity contribution is 7.09. The average Bonchev–Trinajstić information content (AvgIpc) is 3.35. The van der Waals surface area contributed by atoms with Crippen molar-refractivity contribution in [1.29, 1.82) is 0 Å². The highest BCUT2D eigenvalue weighted by atomic mass is 32.1. The molecule has 4 aromatic rings. The molecule has 0 fully saturated rings. The van der Waals surface area contributed by atoms with Crippen molar-refractivity contribution in [2.75, 3.05) is 5.32 Å². The standard InChI is InChI=1S/C18H16N4O2S/c1-11-8-16(24-22-11)15-10-20-18(19-9-13-4-3-7-25-13)21-17(15)14-5-6-23-12(14)2/h3-8,10H,9H2,1-2H3,(H,19,20,21). The van der Waals surface area contributed by atoms with Gasteiger partial charge in [0.1, 0.15) is 5.76 Å². The number of thiophene rings is 1. The Morgan fingerprint density at radius 3 is 2.80 bits per heavy atom. The van der Waals surface area contributed by atoms with Crippen molar-refractivity contribution in [2.24, 2.45) is 0 Å². The minimum Gasteiger partial charge on any atom is -0.469 e. The van der Waals surface area contributed by atoms with Gasteiger partial charge in [-0.05, 0) is 31.4 Å². The first kappa shape index (κ1) is 15.6. The minimum atomic E-state index is 0.559. The molecule has 0 aliphatic heterocycles. The van der Waals surface area contributed by atoms with Gasteiger partial charge in [-0.15, -0.1) is 11.3 Å². The van der Waals surface area contributed by atoms with Crippen LogP contribution >= 0.6 is 11.3 Å². The smallest absolute Gasteiger partial charge is 0.223 e. The molecule has 4 heterocycles. The second-order valence-corrected chi connectivity index (χ2v) is 6.64. The minimum absolute atomic E-state index is 0.559. The molecule has 0 saturated heterocycles. The van der Waals surface area contributed by atoms with Crippen LogP contribution in [0.1, 0.15) is 16.3 Å². The third-order valence-corrected chi connectivity index (χ3v) is 4.67. The van der Waals surface area contributed by atoms with E-state index >= 15 is 0 Å². The quantitative estimate of drug-likeness (QED) is 0.562. The molecule has 7 heteroatoms. The third kappa shape index (κ3) is 3.18. The second kappa shape index (κ2) is 6.52. The van der Waals surface area contributed by atoms with Crippen molar-refractivity contribution in [3.8, 4) is 22.6 Å². The molecule has 0 aromatic carbocycles. The van der Waals surface area contributed by atoms with Gasteiger partial charge in [0.15, 0.2) is 5.76 Å². The molecule has 4 aromatic heterocycles. The molecule has 0 aliphatic carbocycles. The highest BCUT2D eigenvalue weighted by Gasteiger charge is 2.18. The number of hydrogen-bond donors (Lipinski definition) is 1. The van der Waals surface area contributed by atoms with Gasteiger partial charge in [-0.1, -0.05) is 11.2 Å². The Kier molecular flexibility index (Phi) is 4.07. The molecule has 4 rings (SSSR count). The molecule has 1 N–H and O–H groups in total. The van der Waals surface area contributed by atoms with Gasteiger partial charge in [-0.25, -0.2) is 9.97 Å². The van der Waals surface area contributed by atoms with Gasteiger partial charge in [-0.2, -0.15) is 0 Å². The summed E-state index contributed by atoms with van der Waals surface area (Å²) < 4.78 is 10.9. The van der Waals surface area contributed by atoms with E-state index in [9.17, 15) is 0 Å². The lowest BCUT2D eigenvalue weighted by Gasteiger charge is -2.09. The van der Waals surface area contributed by atoms with E-state index < -0.39 is 0 Å². The lowest BCUT2D eigenvalue weighted by molar-refractivity contribution is 0.427. The first-order chi connectivity index (χ1) is 12.2. The maximum absolute atomic E-state index is 5.45. The van der Waals surface area contributed by atoms with E-state index in [-0.39, 0.29) is 0 Å². The Morgan fingerprint density at radius 1 is 1.20 bits per heavy atom. The van der Waals surface area contributed by atoms with Crippen molar-refractivity contribution < 1.29 is 8.94 Å². The molecule has 0 radical (unpaired) electrons. The number of anilines is 1. The number of furan rings is 1. The fourth-order valence-electron chi connectivity index (χ4n) is 2.55. The first-order valence-corrected chi connectivity index (χ1v) is 8.70. The Morgan fingerprint density at radius 2 is 2.12 bits per heavy atom. The summed E-state index contributed by atoms with van der Waals surface area (Å²) in [5, 5.41) is 9.28. The van der Waals surface area contributed by atoms with Gasteiger partial charge >= 0.3 is 0 Å². The van der Waals surface area contributed by atoms with Crippen molar-refractivity contribution >= 4 is 17.3 Å². The van der Waals surface area contributed by atoms with Crippen LogP contribution in [-0.4, -0.2) is 15.1 Å². The van der Waals surface area contributed by atoms with E-state index in [0.717, 1.165) is 28.3 Å². The fourth-order valence-corrected chi connectivity index (χ4v) is 3.20. The van der Waals surface area contributed by atoms with Crippen LogP contribution in [-0.2, 0) is 6.54 Å². The summed E-state index contributed by atoms with van der Waals surface area (Å²) in [6.45, 7) is 4.47. The summed E-state index contributed by atoms with van der Waals surface area (Å²) in [4.78, 5) is 10.3. The predicted octanol–water partition coefficient (Wildman–Crippen LogP) is 4.68. The molecule has 126 valence electrons. The van der Waals surface area contributed by atoms with Gasteiger partial charge in [0, 0.05) is 22.7 Å². The zero-order chi connectivity index (χ0) is 17.2. The number of aryl methyl sites for hydroxylation is 2. The van der Waals surface area contributed by atoms with E-state index in [4.69, 9.17) is 13.9 Å². The summed E-state index contributed by atoms with van der Waals surface area (Å²) in [7, 11) is 0. The predicted molar refractivity (Wildman–Crippen MR) is 96.4 cm³/mol. The highest BCUT2D eigenvalue weighted by Crippen LogP contribution is 2.33. The zero-order valence-electron chi connectivity index (χ0n) is 13.8. The zero-order valence-corrected chi connectivity index (χ0v) is 14.6. The molecule has 0 bridgehead atoms. The van der Waals surface area contributed by atoms with Gasteiger partial charge < -0.3 is 14.3 Å². The molecule has 25 heavy (non-hydrogen) atoms. The Labute approximate surface area is 148 Å². The summed E-state index contributed by atoms with van der Waals surface area (Å²) in [5.74, 6) is 1.99. The second-order valence-electron chi connectivity index (χ2n) is 5.61.